The van der Waals surface area contributed by atoms with E-state index in [1.165, 1.54) is 32.2 Å². The van der Waals surface area contributed by atoms with Crippen LogP contribution in [0.25, 0.3) is 0 Å². The fraction of sp³-hybridized carbons (Fsp3) is 0.167. The molecule has 0 heterocycles. The maximum atomic E-state index is 12.1. The summed E-state index contributed by atoms with van der Waals surface area (Å²) in [5.74, 6) is -2.10. The minimum absolute atomic E-state index is 0.141. The predicted molar refractivity (Wildman–Crippen MR) is 91.6 cm³/mol. The van der Waals surface area contributed by atoms with Crippen molar-refractivity contribution >= 4 is 17.8 Å². The van der Waals surface area contributed by atoms with Crippen molar-refractivity contribution in [3.8, 4) is 11.5 Å². The van der Waals surface area contributed by atoms with Crippen LogP contribution in [0.5, 0.6) is 11.5 Å². The van der Waals surface area contributed by atoms with Gasteiger partial charge in [0.15, 0.2) is 6.10 Å². The summed E-state index contributed by atoms with van der Waals surface area (Å²) >= 11 is 0. The minimum atomic E-state index is -1.20. The summed E-state index contributed by atoms with van der Waals surface area (Å²) in [6.07, 6.45) is -1.20. The lowest BCUT2D eigenvalue weighted by atomic mass is 10.2. The molecule has 0 saturated heterocycles. The molecule has 0 fully saturated rings. The molecule has 0 saturated carbocycles. The molecule has 1 atom stereocenters. The number of hydrazine groups is 1. The van der Waals surface area contributed by atoms with Crippen molar-refractivity contribution in [2.24, 2.45) is 0 Å². The van der Waals surface area contributed by atoms with Gasteiger partial charge < -0.3 is 14.6 Å². The first-order valence-electron chi connectivity index (χ1n) is 7.65. The smallest absolute Gasteiger partial charge is 0.342 e. The van der Waals surface area contributed by atoms with Gasteiger partial charge in [-0.15, -0.1) is 0 Å². The second-order valence-corrected chi connectivity index (χ2v) is 5.24. The van der Waals surface area contributed by atoms with Crippen molar-refractivity contribution < 1.29 is 29.0 Å². The molecule has 2 rings (SSSR count). The predicted octanol–water partition coefficient (Wildman–Crippen LogP) is 1.41. The maximum absolute atomic E-state index is 12.1. The molecule has 1 unspecified atom stereocenters. The topological polar surface area (TPSA) is 114 Å². The van der Waals surface area contributed by atoms with Crippen LogP contribution in [0.4, 0.5) is 0 Å². The fourth-order valence-electron chi connectivity index (χ4n) is 1.96. The van der Waals surface area contributed by atoms with Crippen LogP contribution in [0, 0.1) is 0 Å². The molecule has 26 heavy (non-hydrogen) atoms. The molecule has 0 aliphatic carbocycles. The number of amides is 2. The summed E-state index contributed by atoms with van der Waals surface area (Å²) in [6, 6.07) is 12.3. The first-order valence-corrected chi connectivity index (χ1v) is 7.65. The molecule has 2 amide bonds. The number of hydrogen-bond donors (Lipinski definition) is 3. The average molecular weight is 358 g/mol. The first-order chi connectivity index (χ1) is 12.4. The molecule has 8 heteroatoms. The monoisotopic (exact) mass is 358 g/mol. The molecule has 8 nitrogen and oxygen atoms in total. The molecule has 3 N–H and O–H groups in total. The highest BCUT2D eigenvalue weighted by atomic mass is 16.5. The van der Waals surface area contributed by atoms with Gasteiger partial charge in [0.2, 0.25) is 0 Å². The highest BCUT2D eigenvalue weighted by Gasteiger charge is 2.22. The molecular formula is C18H18N2O6. The summed E-state index contributed by atoms with van der Waals surface area (Å²) in [6.45, 7) is 1.33. The van der Waals surface area contributed by atoms with E-state index < -0.39 is 23.9 Å². The summed E-state index contributed by atoms with van der Waals surface area (Å²) in [7, 11) is 1.41. The Morgan fingerprint density at radius 3 is 2.38 bits per heavy atom. The van der Waals surface area contributed by atoms with Gasteiger partial charge in [-0.05, 0) is 37.3 Å². The summed E-state index contributed by atoms with van der Waals surface area (Å²) in [5.41, 5.74) is 4.61. The first kappa shape index (κ1) is 18.8. The maximum Gasteiger partial charge on any atom is 0.342 e. The molecule has 0 spiro atoms. The number of benzene rings is 2. The van der Waals surface area contributed by atoms with Crippen molar-refractivity contribution in [2.75, 3.05) is 7.11 Å². The number of esters is 1. The number of hydrogen-bond acceptors (Lipinski definition) is 6. The number of nitrogens with one attached hydrogen (secondary N) is 2. The van der Waals surface area contributed by atoms with E-state index in [1.807, 2.05) is 0 Å². The van der Waals surface area contributed by atoms with E-state index >= 15 is 0 Å². The number of methoxy groups -OCH3 is 1. The van der Waals surface area contributed by atoms with E-state index in [0.717, 1.165) is 0 Å². The SMILES string of the molecule is COc1ccc(O)c(C(=O)OC(C)C(=O)NNC(=O)c2ccccc2)c1. The number of phenolic OH excluding ortho intramolecular Hbond substituents is 1. The number of carbonyl (C=O) groups excluding carboxylic acids is 3. The molecular weight excluding hydrogens is 340 g/mol. The van der Waals surface area contributed by atoms with Crippen molar-refractivity contribution in [3.63, 3.8) is 0 Å². The largest absolute Gasteiger partial charge is 0.507 e. The van der Waals surface area contributed by atoms with Crippen molar-refractivity contribution in [1.82, 2.24) is 10.9 Å². The Kier molecular flexibility index (Phi) is 6.15. The van der Waals surface area contributed by atoms with Gasteiger partial charge >= 0.3 is 5.97 Å². The number of rotatable bonds is 5. The quantitative estimate of drug-likeness (QED) is 0.550. The lowest BCUT2D eigenvalue weighted by molar-refractivity contribution is -0.129. The average Bonchev–Trinajstić information content (AvgIpc) is 2.66. The number of aromatic hydroxyl groups is 1. The van der Waals surface area contributed by atoms with Crippen LogP contribution in [-0.4, -0.2) is 36.1 Å². The third-order valence-corrected chi connectivity index (χ3v) is 3.41. The Balaban J connectivity index is 1.92. The van der Waals surface area contributed by atoms with Crippen molar-refractivity contribution in [1.29, 1.82) is 0 Å². The Hall–Kier alpha value is -3.55. The Morgan fingerprint density at radius 2 is 1.73 bits per heavy atom. The summed E-state index contributed by atoms with van der Waals surface area (Å²) in [5, 5.41) is 9.74. The Labute approximate surface area is 149 Å². The summed E-state index contributed by atoms with van der Waals surface area (Å²) in [4.78, 5) is 35.9. The van der Waals surface area contributed by atoms with E-state index in [-0.39, 0.29) is 11.3 Å². The highest BCUT2D eigenvalue weighted by Crippen LogP contribution is 2.23. The third kappa shape index (κ3) is 4.73. The van der Waals surface area contributed by atoms with E-state index in [2.05, 4.69) is 10.9 Å². The van der Waals surface area contributed by atoms with Crippen molar-refractivity contribution in [2.45, 2.75) is 13.0 Å². The van der Waals surface area contributed by atoms with Crippen LogP contribution >= 0.6 is 0 Å². The van der Waals surface area contributed by atoms with Crippen LogP contribution in [0.3, 0.4) is 0 Å². The van der Waals surface area contributed by atoms with Gasteiger partial charge in [0, 0.05) is 5.56 Å². The molecule has 2 aromatic rings. The van der Waals surface area contributed by atoms with Gasteiger partial charge in [-0.3, -0.25) is 20.4 Å². The molecule has 136 valence electrons. The Morgan fingerprint density at radius 1 is 1.04 bits per heavy atom. The number of ether oxygens (including phenoxy) is 2. The van der Waals surface area contributed by atoms with E-state index in [4.69, 9.17) is 9.47 Å². The van der Waals surface area contributed by atoms with E-state index in [9.17, 15) is 19.5 Å². The standard InChI is InChI=1S/C18H18N2O6/c1-11(16(22)19-20-17(23)12-6-4-3-5-7-12)26-18(24)14-10-13(25-2)8-9-15(14)21/h3-11,21H,1-2H3,(H,19,22)(H,20,23). The van der Waals surface area contributed by atoms with Crippen LogP contribution in [0.2, 0.25) is 0 Å². The van der Waals surface area contributed by atoms with Crippen LogP contribution < -0.4 is 15.6 Å². The summed E-state index contributed by atoms with van der Waals surface area (Å²) < 4.78 is 9.97. The van der Waals surface area contributed by atoms with Crippen molar-refractivity contribution in [3.05, 3.63) is 59.7 Å². The van der Waals surface area contributed by atoms with Gasteiger partial charge in [0.1, 0.15) is 17.1 Å². The van der Waals surface area contributed by atoms with E-state index in [0.29, 0.717) is 11.3 Å². The lowest BCUT2D eigenvalue weighted by Crippen LogP contribution is -2.46. The number of carbonyl (C=O) groups is 3. The van der Waals surface area contributed by atoms with Crippen LogP contribution in [-0.2, 0) is 9.53 Å². The van der Waals surface area contributed by atoms with Gasteiger partial charge in [0.25, 0.3) is 11.8 Å². The zero-order valence-electron chi connectivity index (χ0n) is 14.2. The third-order valence-electron chi connectivity index (χ3n) is 3.41. The van der Waals surface area contributed by atoms with Crippen LogP contribution in [0.15, 0.2) is 48.5 Å². The zero-order chi connectivity index (χ0) is 19.1. The number of phenols is 1. The molecule has 0 bridgehead atoms. The van der Waals surface area contributed by atoms with Gasteiger partial charge in [-0.25, -0.2) is 4.79 Å². The molecule has 0 radical (unpaired) electrons. The molecule has 0 aliphatic rings. The van der Waals surface area contributed by atoms with Crippen LogP contribution in [0.1, 0.15) is 27.6 Å². The van der Waals surface area contributed by atoms with Gasteiger partial charge in [0.05, 0.1) is 7.11 Å². The highest BCUT2D eigenvalue weighted by molar-refractivity contribution is 5.97. The van der Waals surface area contributed by atoms with Gasteiger partial charge in [-0.1, -0.05) is 18.2 Å². The second kappa shape index (κ2) is 8.52. The lowest BCUT2D eigenvalue weighted by Gasteiger charge is -2.15. The Bertz CT molecular complexity index is 807. The van der Waals surface area contributed by atoms with E-state index in [1.54, 1.807) is 30.3 Å². The zero-order valence-corrected chi connectivity index (χ0v) is 14.2. The van der Waals surface area contributed by atoms with Gasteiger partial charge in [-0.2, -0.15) is 0 Å². The molecule has 2 aromatic carbocycles. The molecule has 0 aliphatic heterocycles. The minimum Gasteiger partial charge on any atom is -0.507 e. The second-order valence-electron chi connectivity index (χ2n) is 5.24. The molecule has 0 aromatic heterocycles. The fourth-order valence-corrected chi connectivity index (χ4v) is 1.96. The normalized spacial score (nSPS) is 11.2.